The molecule has 0 unspecified atom stereocenters. The SMILES string of the molecule is C=C.O=C[O-].OCCO.[Na+]. The van der Waals surface area contributed by atoms with Crippen molar-refractivity contribution in [1.29, 1.82) is 0 Å². The summed E-state index contributed by atoms with van der Waals surface area (Å²) < 4.78 is 0. The minimum absolute atomic E-state index is 0. The van der Waals surface area contributed by atoms with Crippen LogP contribution in [0, 0.1) is 0 Å². The second-order valence-corrected chi connectivity index (χ2v) is 0.543. The van der Waals surface area contributed by atoms with Gasteiger partial charge in [-0.3, -0.25) is 0 Å². The Kier molecular flexibility index (Phi) is 138. The quantitative estimate of drug-likeness (QED) is 0.228. The second-order valence-electron chi connectivity index (χ2n) is 0.543. The molecule has 0 saturated carbocycles. The minimum Gasteiger partial charge on any atom is -0.554 e. The number of carbonyl (C=O) groups excluding carboxylic acids is 1. The van der Waals surface area contributed by atoms with Crippen molar-refractivity contribution in [3.8, 4) is 0 Å². The predicted octanol–water partition coefficient (Wildman–Crippen LogP) is -4.86. The van der Waals surface area contributed by atoms with Crippen LogP contribution >= 0.6 is 0 Å². The fraction of sp³-hybridized carbons (Fsp3) is 0.400. The van der Waals surface area contributed by atoms with Crippen molar-refractivity contribution in [1.82, 2.24) is 0 Å². The van der Waals surface area contributed by atoms with Crippen molar-refractivity contribution in [3.05, 3.63) is 13.2 Å². The molecule has 0 spiro atoms. The van der Waals surface area contributed by atoms with Gasteiger partial charge in [0.2, 0.25) is 0 Å². The van der Waals surface area contributed by atoms with Gasteiger partial charge in [0.15, 0.2) is 0 Å². The first-order chi connectivity index (χ1) is 4.33. The minimum atomic E-state index is -0.500. The molecular formula is C5H11NaO4. The summed E-state index contributed by atoms with van der Waals surface area (Å²) in [5.74, 6) is 0. The molecule has 4 nitrogen and oxygen atoms in total. The molecule has 0 aromatic heterocycles. The van der Waals surface area contributed by atoms with Crippen molar-refractivity contribution >= 4 is 6.47 Å². The summed E-state index contributed by atoms with van der Waals surface area (Å²) in [6.45, 7) is 5.25. The van der Waals surface area contributed by atoms with E-state index < -0.39 is 6.47 Å². The van der Waals surface area contributed by atoms with E-state index in [1.165, 1.54) is 0 Å². The van der Waals surface area contributed by atoms with E-state index in [-0.39, 0.29) is 42.8 Å². The Morgan fingerprint density at radius 2 is 1.40 bits per heavy atom. The normalized spacial score (nSPS) is 4.60. The smallest absolute Gasteiger partial charge is 0.554 e. The van der Waals surface area contributed by atoms with Gasteiger partial charge in [0.25, 0.3) is 0 Å². The molecule has 5 heteroatoms. The summed E-state index contributed by atoms with van der Waals surface area (Å²) in [6, 6.07) is 0. The summed E-state index contributed by atoms with van der Waals surface area (Å²) in [5, 5.41) is 23.5. The molecule has 0 aliphatic rings. The van der Waals surface area contributed by atoms with E-state index in [0.29, 0.717) is 0 Å². The molecule has 0 aromatic rings. The van der Waals surface area contributed by atoms with Gasteiger partial charge < -0.3 is 20.1 Å². The Morgan fingerprint density at radius 3 is 1.40 bits per heavy atom. The van der Waals surface area contributed by atoms with Gasteiger partial charge in [-0.05, 0) is 0 Å². The molecular weight excluding hydrogens is 147 g/mol. The topological polar surface area (TPSA) is 80.6 Å². The number of hydrogen-bond donors (Lipinski definition) is 2. The first kappa shape index (κ1) is 22.5. The third kappa shape index (κ3) is 324. The summed E-state index contributed by atoms with van der Waals surface area (Å²) >= 11 is 0. The number of carbonyl (C=O) groups is 1. The monoisotopic (exact) mass is 158 g/mol. The molecule has 0 bridgehead atoms. The van der Waals surface area contributed by atoms with Gasteiger partial charge in [0.1, 0.15) is 0 Å². The molecule has 0 atom stereocenters. The van der Waals surface area contributed by atoms with Crippen LogP contribution < -0.4 is 34.7 Å². The summed E-state index contributed by atoms with van der Waals surface area (Å²) in [5.41, 5.74) is 0. The van der Waals surface area contributed by atoms with E-state index in [1.807, 2.05) is 0 Å². The molecule has 0 aliphatic heterocycles. The van der Waals surface area contributed by atoms with Crippen LogP contribution in [0.25, 0.3) is 0 Å². The molecule has 0 radical (unpaired) electrons. The van der Waals surface area contributed by atoms with Gasteiger partial charge in [-0.1, -0.05) is 0 Å². The van der Waals surface area contributed by atoms with Crippen LogP contribution in [0.4, 0.5) is 0 Å². The molecule has 0 amide bonds. The maximum atomic E-state index is 8.25. The molecule has 56 valence electrons. The third-order valence-electron chi connectivity index (χ3n) is 0.1000. The molecule has 0 aliphatic carbocycles. The molecule has 0 heterocycles. The van der Waals surface area contributed by atoms with E-state index in [9.17, 15) is 0 Å². The first-order valence-electron chi connectivity index (χ1n) is 2.10. The maximum absolute atomic E-state index is 8.25. The standard InChI is InChI=1S/C2H6O2.C2H4.CH2O2.Na/c3-1-2-4;1-2;2-1-3;/h3-4H,1-2H2;1-2H2;1H,(H,2,3);/q;;;+1/p-1. The van der Waals surface area contributed by atoms with E-state index in [4.69, 9.17) is 20.1 Å². The zero-order valence-electron chi connectivity index (χ0n) is 6.12. The van der Waals surface area contributed by atoms with Gasteiger partial charge in [-0.15, -0.1) is 13.2 Å². The Hall–Kier alpha value is 0.130. The van der Waals surface area contributed by atoms with E-state index in [1.54, 1.807) is 0 Å². The van der Waals surface area contributed by atoms with Gasteiger partial charge in [-0.2, -0.15) is 0 Å². The van der Waals surface area contributed by atoms with Crippen molar-refractivity contribution in [2.45, 2.75) is 0 Å². The first-order valence-corrected chi connectivity index (χ1v) is 2.10. The summed E-state index contributed by atoms with van der Waals surface area (Å²) in [7, 11) is 0. The predicted molar refractivity (Wildman–Crippen MR) is 31.5 cm³/mol. The average Bonchev–Trinajstić information content (AvgIpc) is 1.94. The van der Waals surface area contributed by atoms with E-state index in [0.717, 1.165) is 0 Å². The zero-order valence-corrected chi connectivity index (χ0v) is 8.12. The summed E-state index contributed by atoms with van der Waals surface area (Å²) in [6.07, 6.45) is 0. The molecule has 0 fully saturated rings. The molecule has 0 rings (SSSR count). The van der Waals surface area contributed by atoms with Crippen molar-refractivity contribution in [2.24, 2.45) is 0 Å². The number of rotatable bonds is 1. The average molecular weight is 158 g/mol. The Labute approximate surface area is 82.5 Å². The van der Waals surface area contributed by atoms with Crippen molar-refractivity contribution in [2.75, 3.05) is 13.2 Å². The van der Waals surface area contributed by atoms with Crippen LogP contribution in [-0.2, 0) is 4.79 Å². The van der Waals surface area contributed by atoms with Crippen LogP contribution in [0.2, 0.25) is 0 Å². The second kappa shape index (κ2) is 61.6. The fourth-order valence-corrected chi connectivity index (χ4v) is 0. The number of aliphatic hydroxyl groups excluding tert-OH is 2. The number of aliphatic hydroxyl groups is 2. The van der Waals surface area contributed by atoms with Crippen LogP contribution in [-0.4, -0.2) is 29.9 Å². The number of hydrogen-bond acceptors (Lipinski definition) is 4. The van der Waals surface area contributed by atoms with Gasteiger partial charge >= 0.3 is 29.6 Å². The Balaban J connectivity index is -0.0000000273. The van der Waals surface area contributed by atoms with Crippen molar-refractivity contribution in [3.63, 3.8) is 0 Å². The van der Waals surface area contributed by atoms with Crippen LogP contribution in [0.1, 0.15) is 0 Å². The molecule has 0 saturated heterocycles. The third-order valence-corrected chi connectivity index (χ3v) is 0.1000. The maximum Gasteiger partial charge on any atom is 1.00 e. The molecule has 2 N–H and O–H groups in total. The van der Waals surface area contributed by atoms with Gasteiger partial charge in [0.05, 0.1) is 13.2 Å². The Morgan fingerprint density at radius 1 is 1.30 bits per heavy atom. The van der Waals surface area contributed by atoms with Crippen LogP contribution in [0.5, 0.6) is 0 Å². The Bertz CT molecular complexity index is 40.6. The summed E-state index contributed by atoms with van der Waals surface area (Å²) in [4.78, 5) is 8.25. The van der Waals surface area contributed by atoms with Gasteiger partial charge in [-0.25, -0.2) is 0 Å². The molecule has 10 heavy (non-hydrogen) atoms. The fourth-order valence-electron chi connectivity index (χ4n) is 0. The zero-order chi connectivity index (χ0) is 8.12. The molecule has 0 aromatic carbocycles. The van der Waals surface area contributed by atoms with Crippen LogP contribution in [0.15, 0.2) is 13.2 Å². The van der Waals surface area contributed by atoms with E-state index >= 15 is 0 Å². The van der Waals surface area contributed by atoms with Crippen LogP contribution in [0.3, 0.4) is 0 Å². The van der Waals surface area contributed by atoms with Gasteiger partial charge in [0, 0.05) is 6.47 Å². The largest absolute Gasteiger partial charge is 1.00 e. The van der Waals surface area contributed by atoms with E-state index in [2.05, 4.69) is 13.2 Å². The number of carboxylic acid groups (broad SMARTS) is 1. The van der Waals surface area contributed by atoms with Crippen molar-refractivity contribution < 1.29 is 49.7 Å².